The van der Waals surface area contributed by atoms with E-state index in [0.29, 0.717) is 58.3 Å². The maximum absolute atomic E-state index is 13.7. The van der Waals surface area contributed by atoms with Crippen LogP contribution in [0.15, 0.2) is 133 Å². The van der Waals surface area contributed by atoms with Crippen molar-refractivity contribution in [2.45, 2.75) is 77.6 Å². The molecule has 2 unspecified atom stereocenters. The smallest absolute Gasteiger partial charge is 0.537 e. The van der Waals surface area contributed by atoms with Gasteiger partial charge in [-0.15, -0.1) is 26.3 Å². The fraction of sp³-hybridized carbons (Fsp3) is 0.269. The van der Waals surface area contributed by atoms with E-state index in [1.54, 1.807) is 55.6 Å². The maximum Gasteiger partial charge on any atom is 0.573 e. The first-order chi connectivity index (χ1) is 36.9. The number of ether oxygens (including phenoxy) is 2. The first-order valence-corrected chi connectivity index (χ1v) is 25.1. The molecule has 0 bridgehead atoms. The molecule has 0 saturated heterocycles. The Labute approximate surface area is 458 Å². The summed E-state index contributed by atoms with van der Waals surface area (Å²) in [5.41, 5.74) is 0.103. The number of unbranched alkanes of at least 4 members (excludes halogenated alkanes) is 2. The summed E-state index contributed by atoms with van der Waals surface area (Å²) in [6, 6.07) is 23.0. The van der Waals surface area contributed by atoms with Crippen molar-refractivity contribution in [1.29, 1.82) is 0 Å². The lowest BCUT2D eigenvalue weighted by Crippen LogP contribution is -2.40. The summed E-state index contributed by atoms with van der Waals surface area (Å²) in [7, 11) is 3.41. The third-order valence-corrected chi connectivity index (χ3v) is 12.9. The second kappa shape index (κ2) is 26.1. The Kier molecular flexibility index (Phi) is 20.2. The number of nitrogens with zero attached hydrogens (tertiary/aromatic N) is 6. The van der Waals surface area contributed by atoms with E-state index in [4.69, 9.17) is 28.2 Å². The lowest BCUT2D eigenvalue weighted by atomic mass is 9.91. The van der Waals surface area contributed by atoms with Crippen LogP contribution in [0.5, 0.6) is 17.2 Å². The molecule has 26 heteroatoms. The van der Waals surface area contributed by atoms with Crippen LogP contribution in [-0.4, -0.2) is 63.9 Å². The molecule has 2 atom stereocenters. The fourth-order valence-electron chi connectivity index (χ4n) is 8.02. The molecule has 0 spiro atoms. The number of rotatable bonds is 15. The predicted molar refractivity (Wildman–Crippen MR) is 285 cm³/mol. The van der Waals surface area contributed by atoms with Crippen LogP contribution < -0.4 is 36.6 Å². The number of aliphatic hydroxyl groups is 2. The summed E-state index contributed by atoms with van der Waals surface area (Å²) in [5.74, 6) is -0.830. The summed E-state index contributed by atoms with van der Waals surface area (Å²) in [6.45, 7) is 4.39. The maximum atomic E-state index is 13.7. The summed E-state index contributed by atoms with van der Waals surface area (Å²) in [5, 5.41) is 31.9. The molecular formula is C52H47BBrCl2F6N6O10. The van der Waals surface area contributed by atoms with E-state index in [-0.39, 0.29) is 51.1 Å². The average Bonchev–Trinajstić information content (AvgIpc) is 3.52. The molecule has 0 aliphatic carbocycles. The Balaban J connectivity index is 0.000000209. The molecule has 8 rings (SSSR count). The minimum absolute atomic E-state index is 0.0136. The van der Waals surface area contributed by atoms with Gasteiger partial charge in [0.1, 0.15) is 40.8 Å². The molecular weight excluding hydrogens is 1140 g/mol. The highest BCUT2D eigenvalue weighted by atomic mass is 79.9. The number of pyridine rings is 2. The molecule has 4 aromatic carbocycles. The van der Waals surface area contributed by atoms with Gasteiger partial charge in [0, 0.05) is 76.9 Å². The van der Waals surface area contributed by atoms with E-state index in [1.165, 1.54) is 57.4 Å². The Hall–Kier alpha value is -6.96. The monoisotopic (exact) mass is 1190 g/mol. The molecule has 8 aromatic rings. The summed E-state index contributed by atoms with van der Waals surface area (Å²) in [6.07, 6.45) is -6.44. The van der Waals surface area contributed by atoms with Crippen LogP contribution in [0.1, 0.15) is 74.0 Å². The highest BCUT2D eigenvalue weighted by molar-refractivity contribution is 9.10. The van der Waals surface area contributed by atoms with E-state index in [1.807, 2.05) is 13.8 Å². The van der Waals surface area contributed by atoms with Crippen LogP contribution in [-0.2, 0) is 27.2 Å². The molecule has 0 saturated carbocycles. The zero-order chi connectivity index (χ0) is 57.2. The van der Waals surface area contributed by atoms with Gasteiger partial charge in [-0.3, -0.25) is 27.9 Å². The lowest BCUT2D eigenvalue weighted by Gasteiger charge is -2.20. The van der Waals surface area contributed by atoms with E-state index in [0.717, 1.165) is 41.7 Å². The van der Waals surface area contributed by atoms with Crippen molar-refractivity contribution >= 4 is 68.9 Å². The highest BCUT2D eigenvalue weighted by Crippen LogP contribution is 2.38. The van der Waals surface area contributed by atoms with Gasteiger partial charge in [0.05, 0.1) is 10.8 Å². The van der Waals surface area contributed by atoms with E-state index < -0.39 is 58.9 Å². The van der Waals surface area contributed by atoms with E-state index in [9.17, 15) is 55.7 Å². The number of hydrogen-bond acceptors (Lipinski definition) is 12. The third-order valence-electron chi connectivity index (χ3n) is 11.7. The SMILES string of the molecule is CCCCn1c(=O)c2c(C(O)c3ccc(Cl)cc3)c(-c3cccc(OC(F)(F)F)c3)cnc2n(C)c1=O.CCCCn1c(=O)c2c(C(O)c3ccc(Cl)cc3)c(Br)cnc2n(C)c1=O.O[B]Oc1cccc(OC(F)(F)F)c1. The number of alkyl halides is 6. The quantitative estimate of drug-likeness (QED) is 0.0649. The van der Waals surface area contributed by atoms with Gasteiger partial charge < -0.3 is 29.4 Å². The zero-order valence-corrected chi connectivity index (χ0v) is 44.7. The van der Waals surface area contributed by atoms with Crippen molar-refractivity contribution in [1.82, 2.24) is 28.2 Å². The lowest BCUT2D eigenvalue weighted by molar-refractivity contribution is -0.275. The molecule has 78 heavy (non-hydrogen) atoms. The summed E-state index contributed by atoms with van der Waals surface area (Å²) >= 11 is 15.3. The number of benzene rings is 4. The number of halogens is 9. The Morgan fingerprint density at radius 2 is 1.05 bits per heavy atom. The molecule has 1 radical (unpaired) electrons. The number of fused-ring (bicyclic) bond motifs is 2. The molecule has 3 N–H and O–H groups in total. The van der Waals surface area contributed by atoms with Crippen LogP contribution in [0, 0.1) is 0 Å². The zero-order valence-electron chi connectivity index (χ0n) is 41.7. The number of hydrogen-bond donors (Lipinski definition) is 3. The third kappa shape index (κ3) is 14.6. The van der Waals surface area contributed by atoms with Crippen LogP contribution >= 0.6 is 39.1 Å². The van der Waals surface area contributed by atoms with Crippen molar-refractivity contribution < 1.29 is 55.7 Å². The number of aryl methyl sites for hydroxylation is 2. The van der Waals surface area contributed by atoms with Gasteiger partial charge in [-0.05, 0) is 94.0 Å². The summed E-state index contributed by atoms with van der Waals surface area (Å²) in [4.78, 5) is 60.8. The first-order valence-electron chi connectivity index (χ1n) is 23.5. The van der Waals surface area contributed by atoms with Crippen molar-refractivity contribution in [3.63, 3.8) is 0 Å². The van der Waals surface area contributed by atoms with Gasteiger partial charge in [-0.25, -0.2) is 19.6 Å². The highest BCUT2D eigenvalue weighted by Gasteiger charge is 2.33. The molecule has 4 aromatic heterocycles. The second-order valence-corrected chi connectivity index (χ2v) is 18.8. The van der Waals surface area contributed by atoms with Gasteiger partial charge >= 0.3 is 31.8 Å². The molecule has 0 aliphatic rings. The van der Waals surface area contributed by atoms with Gasteiger partial charge in [-0.2, -0.15) is 0 Å². The molecule has 4 heterocycles. The Morgan fingerprint density at radius 1 is 0.628 bits per heavy atom. The van der Waals surface area contributed by atoms with E-state index in [2.05, 4.69) is 40.0 Å². The number of aliphatic hydroxyl groups excluding tert-OH is 2. The number of aromatic nitrogens is 6. The standard InChI is InChI=1S/C26H23ClF3N3O4.C19H19BrClN3O3.C7H5BF3O3/c1-3-4-12-33-24(35)21-20(22(34)15-8-10-17(27)11-9-15)19(14-31-23(21)32(2)25(33)36)16-6-5-7-18(13-16)37-26(28,29)30;1-3-4-9-24-18(26)15-14(16(25)11-5-7-12(21)8-6-11)13(20)10-22-17(15)23(2)19(24)27;9-7(10,11)13-5-2-1-3-6(4-5)14-8-12/h5-11,13-14,22,34H,3-4,12H2,1-2H3;5-8,10,16,25H,3-4,9H2,1-2H3;1-4,12H. The van der Waals surface area contributed by atoms with Crippen LogP contribution in [0.4, 0.5) is 26.3 Å². The predicted octanol–water partition coefficient (Wildman–Crippen LogP) is 10.1. The van der Waals surface area contributed by atoms with Crippen molar-refractivity contribution in [3.8, 4) is 28.4 Å². The molecule has 0 amide bonds. The Bertz CT molecular complexity index is 3660. The normalized spacial score (nSPS) is 12.3. The van der Waals surface area contributed by atoms with Crippen molar-refractivity contribution in [2.75, 3.05) is 0 Å². The van der Waals surface area contributed by atoms with Gasteiger partial charge in [0.2, 0.25) is 0 Å². The van der Waals surface area contributed by atoms with Crippen molar-refractivity contribution in [3.05, 3.63) is 188 Å². The van der Waals surface area contributed by atoms with Crippen molar-refractivity contribution in [2.24, 2.45) is 14.1 Å². The van der Waals surface area contributed by atoms with Crippen LogP contribution in [0.2, 0.25) is 10.0 Å². The minimum Gasteiger partial charge on any atom is -0.537 e. The van der Waals surface area contributed by atoms with Gasteiger partial charge in [0.15, 0.2) is 0 Å². The molecule has 0 fully saturated rings. The molecule has 0 aliphatic heterocycles. The van der Waals surface area contributed by atoms with Gasteiger partial charge in [0.25, 0.3) is 11.1 Å². The second-order valence-electron chi connectivity index (χ2n) is 17.0. The van der Waals surface area contributed by atoms with Crippen LogP contribution in [0.3, 0.4) is 0 Å². The minimum atomic E-state index is -4.91. The largest absolute Gasteiger partial charge is 0.573 e. The molecule has 411 valence electrons. The van der Waals surface area contributed by atoms with E-state index >= 15 is 0 Å². The van der Waals surface area contributed by atoms with Gasteiger partial charge in [-0.1, -0.05) is 92.4 Å². The molecule has 16 nitrogen and oxygen atoms in total. The first kappa shape index (κ1) is 60.3. The fourth-order valence-corrected chi connectivity index (χ4v) is 8.79. The summed E-state index contributed by atoms with van der Waals surface area (Å²) < 4.78 is 91.3. The van der Waals surface area contributed by atoms with Crippen LogP contribution in [0.25, 0.3) is 33.2 Å². The topological polar surface area (TPSA) is 202 Å². The Morgan fingerprint density at radius 3 is 1.51 bits per heavy atom. The average molecular weight is 1190 g/mol.